The molecule has 8 bridgehead atoms. The first kappa shape index (κ1) is 21.9. The molecular formula is C25H23N5O3. The van der Waals surface area contributed by atoms with Gasteiger partial charge in [0.15, 0.2) is 0 Å². The second-order valence-electron chi connectivity index (χ2n) is 7.54. The lowest BCUT2D eigenvalue weighted by Gasteiger charge is -1.90. The number of H-pyrrole nitrogens is 2. The number of hydrogen-bond donors (Lipinski definition) is 4. The number of aromatic amines is 2. The van der Waals surface area contributed by atoms with Crippen molar-refractivity contribution in [3.8, 4) is 0 Å². The van der Waals surface area contributed by atoms with Crippen LogP contribution in [0.2, 0.25) is 0 Å². The third kappa shape index (κ3) is 6.11. The molecule has 2 aliphatic rings. The van der Waals surface area contributed by atoms with Crippen LogP contribution in [0.25, 0.3) is 46.4 Å². The summed E-state index contributed by atoms with van der Waals surface area (Å²) < 4.78 is 0. The fourth-order valence-corrected chi connectivity index (χ4v) is 3.29. The molecule has 0 unspecified atom stereocenters. The molecule has 5 N–H and O–H groups in total. The Bertz CT molecular complexity index is 1240. The Balaban J connectivity index is 0.000000248. The van der Waals surface area contributed by atoms with Crippen molar-refractivity contribution in [1.82, 2.24) is 19.9 Å². The number of aromatic nitrogens is 4. The standard InChI is InChI=1S/C20H14N4.C5H9NO3/c1-2-14-10-16-5-6-18(23-16)12-20-8-7-19(24-20)11-17-4-3-15(22-17)9-13(1)21-14;6-3-4(7)1-2-5(8)9/h1-12,21,24H;1-3,6H2,(H,8,9). The third-order valence-electron chi connectivity index (χ3n) is 4.89. The highest BCUT2D eigenvalue weighted by Crippen LogP contribution is 2.16. The fourth-order valence-electron chi connectivity index (χ4n) is 3.29. The topological polar surface area (TPSA) is 138 Å². The van der Waals surface area contributed by atoms with Crippen LogP contribution in [0.4, 0.5) is 0 Å². The van der Waals surface area contributed by atoms with Crippen molar-refractivity contribution in [2.24, 2.45) is 5.73 Å². The number of aliphatic carboxylic acids is 1. The summed E-state index contributed by atoms with van der Waals surface area (Å²) >= 11 is 0. The number of hydrogen-bond acceptors (Lipinski definition) is 5. The molecule has 0 amide bonds. The summed E-state index contributed by atoms with van der Waals surface area (Å²) in [5.74, 6) is -1.17. The van der Waals surface area contributed by atoms with Gasteiger partial charge in [-0.15, -0.1) is 0 Å². The molecule has 0 aromatic carbocycles. The van der Waals surface area contributed by atoms with E-state index >= 15 is 0 Å². The molecule has 0 spiro atoms. The van der Waals surface area contributed by atoms with Crippen LogP contribution in [-0.2, 0) is 9.59 Å². The third-order valence-corrected chi connectivity index (χ3v) is 4.89. The number of rotatable bonds is 4. The van der Waals surface area contributed by atoms with Gasteiger partial charge in [-0.1, -0.05) is 0 Å². The van der Waals surface area contributed by atoms with Gasteiger partial charge in [-0.3, -0.25) is 9.59 Å². The Labute approximate surface area is 189 Å². The average Bonchev–Trinajstić information content (AvgIpc) is 3.58. The van der Waals surface area contributed by atoms with Crippen LogP contribution in [0.1, 0.15) is 35.6 Å². The van der Waals surface area contributed by atoms with Gasteiger partial charge in [0, 0.05) is 28.5 Å². The van der Waals surface area contributed by atoms with Crippen LogP contribution in [0.3, 0.4) is 0 Å². The molecule has 0 fully saturated rings. The summed E-state index contributed by atoms with van der Waals surface area (Å²) in [6, 6.07) is 16.4. The monoisotopic (exact) mass is 441 g/mol. The molecule has 166 valence electrons. The zero-order valence-electron chi connectivity index (χ0n) is 17.8. The van der Waals surface area contributed by atoms with Crippen molar-refractivity contribution in [2.75, 3.05) is 6.54 Å². The van der Waals surface area contributed by atoms with E-state index in [0.29, 0.717) is 0 Å². The van der Waals surface area contributed by atoms with E-state index in [1.807, 2.05) is 48.6 Å². The minimum atomic E-state index is -0.961. The maximum absolute atomic E-state index is 10.3. The highest BCUT2D eigenvalue weighted by Gasteiger charge is 2.02. The molecule has 5 rings (SSSR count). The van der Waals surface area contributed by atoms with Crippen LogP contribution < -0.4 is 5.73 Å². The number of nitrogens with two attached hydrogens (primary N) is 1. The largest absolute Gasteiger partial charge is 0.481 e. The number of Topliss-reactive ketones (excluding diaryl/α,β-unsaturated/α-hetero) is 1. The quantitative estimate of drug-likeness (QED) is 0.332. The van der Waals surface area contributed by atoms with Gasteiger partial charge >= 0.3 is 5.97 Å². The van der Waals surface area contributed by atoms with Crippen LogP contribution in [0.5, 0.6) is 0 Å². The lowest BCUT2D eigenvalue weighted by molar-refractivity contribution is -0.138. The lowest BCUT2D eigenvalue weighted by atomic mass is 10.2. The molecular weight excluding hydrogens is 418 g/mol. The molecule has 0 atom stereocenters. The molecule has 8 heteroatoms. The van der Waals surface area contributed by atoms with Crippen molar-refractivity contribution < 1.29 is 14.7 Å². The molecule has 5 heterocycles. The zero-order chi connectivity index (χ0) is 23.2. The summed E-state index contributed by atoms with van der Waals surface area (Å²) in [6.45, 7) is -0.0622. The molecule has 3 aromatic heterocycles. The van der Waals surface area contributed by atoms with Crippen LogP contribution in [-0.4, -0.2) is 43.3 Å². The summed E-state index contributed by atoms with van der Waals surface area (Å²) in [5.41, 5.74) is 12.8. The van der Waals surface area contributed by atoms with Crippen molar-refractivity contribution in [3.63, 3.8) is 0 Å². The van der Waals surface area contributed by atoms with Gasteiger partial charge in [-0.25, -0.2) is 9.97 Å². The molecule has 0 aliphatic carbocycles. The number of fused-ring (bicyclic) bond motifs is 8. The number of carbonyl (C=O) groups is 2. The second-order valence-corrected chi connectivity index (χ2v) is 7.54. The van der Waals surface area contributed by atoms with Gasteiger partial charge in [-0.2, -0.15) is 0 Å². The molecule has 8 nitrogen and oxygen atoms in total. The summed E-state index contributed by atoms with van der Waals surface area (Å²) in [4.78, 5) is 36.2. The molecule has 3 aromatic rings. The van der Waals surface area contributed by atoms with E-state index in [4.69, 9.17) is 10.8 Å². The van der Waals surface area contributed by atoms with Crippen molar-refractivity contribution in [1.29, 1.82) is 0 Å². The first-order valence-electron chi connectivity index (χ1n) is 10.4. The predicted molar refractivity (Wildman–Crippen MR) is 130 cm³/mol. The Morgan fingerprint density at radius 1 is 0.697 bits per heavy atom. The van der Waals surface area contributed by atoms with E-state index in [-0.39, 0.29) is 25.2 Å². The first-order chi connectivity index (χ1) is 16.0. The van der Waals surface area contributed by atoms with E-state index in [2.05, 4.69) is 44.2 Å². The number of nitrogens with one attached hydrogen (secondary N) is 2. The van der Waals surface area contributed by atoms with E-state index in [0.717, 1.165) is 44.8 Å². The number of carbonyl (C=O) groups excluding carboxylic acids is 1. The minimum absolute atomic E-state index is 0.0475. The Hall–Kier alpha value is -4.30. The SMILES string of the molecule is C1=Cc2cc3ccc(cc4nc(cc5ccc(cc1n2)[nH]5)C=C4)[nH]3.NCC(=O)CCC(=O)O. The number of carboxylic acids is 1. The molecule has 0 radical (unpaired) electrons. The van der Waals surface area contributed by atoms with Crippen molar-refractivity contribution >= 4 is 58.1 Å². The minimum Gasteiger partial charge on any atom is -0.481 e. The van der Waals surface area contributed by atoms with Crippen LogP contribution in [0.15, 0.2) is 48.5 Å². The lowest BCUT2D eigenvalue weighted by Crippen LogP contribution is -2.14. The number of carboxylic acid groups (broad SMARTS) is 1. The average molecular weight is 441 g/mol. The van der Waals surface area contributed by atoms with Crippen molar-refractivity contribution in [3.05, 3.63) is 71.3 Å². The maximum Gasteiger partial charge on any atom is 0.303 e. The van der Waals surface area contributed by atoms with Crippen LogP contribution >= 0.6 is 0 Å². The molecule has 0 saturated heterocycles. The van der Waals surface area contributed by atoms with Gasteiger partial charge in [-0.05, 0) is 72.8 Å². The van der Waals surface area contributed by atoms with Gasteiger partial charge in [0.2, 0.25) is 0 Å². The smallest absolute Gasteiger partial charge is 0.303 e. The molecule has 2 aliphatic heterocycles. The Kier molecular flexibility index (Phi) is 6.56. The maximum atomic E-state index is 10.3. The first-order valence-corrected chi connectivity index (χ1v) is 10.4. The highest BCUT2D eigenvalue weighted by atomic mass is 16.4. The fraction of sp³-hybridized carbons (Fsp3) is 0.120. The summed E-state index contributed by atoms with van der Waals surface area (Å²) in [6.07, 6.45) is 8.02. The molecule has 0 saturated carbocycles. The Morgan fingerprint density at radius 2 is 1.06 bits per heavy atom. The van der Waals surface area contributed by atoms with Gasteiger partial charge in [0.1, 0.15) is 5.78 Å². The summed E-state index contributed by atoms with van der Waals surface area (Å²) in [5, 5.41) is 8.06. The zero-order valence-corrected chi connectivity index (χ0v) is 17.8. The number of nitrogens with zero attached hydrogens (tertiary/aromatic N) is 2. The number of ketones is 1. The van der Waals surface area contributed by atoms with Gasteiger partial charge in [0.25, 0.3) is 0 Å². The highest BCUT2D eigenvalue weighted by molar-refractivity contribution is 5.83. The predicted octanol–water partition coefficient (Wildman–Crippen LogP) is 4.03. The van der Waals surface area contributed by atoms with Crippen LogP contribution in [0, 0.1) is 0 Å². The van der Waals surface area contributed by atoms with Gasteiger partial charge in [0.05, 0.1) is 35.7 Å². The van der Waals surface area contributed by atoms with Gasteiger partial charge < -0.3 is 20.8 Å². The van der Waals surface area contributed by atoms with E-state index in [9.17, 15) is 9.59 Å². The van der Waals surface area contributed by atoms with E-state index < -0.39 is 5.97 Å². The Morgan fingerprint density at radius 3 is 1.36 bits per heavy atom. The second kappa shape index (κ2) is 9.88. The van der Waals surface area contributed by atoms with E-state index in [1.54, 1.807) is 0 Å². The van der Waals surface area contributed by atoms with Crippen molar-refractivity contribution in [2.45, 2.75) is 12.8 Å². The summed E-state index contributed by atoms with van der Waals surface area (Å²) in [7, 11) is 0. The normalized spacial score (nSPS) is 11.7. The van der Waals surface area contributed by atoms with E-state index in [1.165, 1.54) is 0 Å². The molecule has 33 heavy (non-hydrogen) atoms.